The topological polar surface area (TPSA) is 63.1 Å². The van der Waals surface area contributed by atoms with Gasteiger partial charge >= 0.3 is 5.97 Å². The molecule has 1 N–H and O–H groups in total. The average molecular weight is 192 g/mol. The van der Waals surface area contributed by atoms with E-state index >= 15 is 0 Å². The van der Waals surface area contributed by atoms with Crippen LogP contribution in [0.25, 0.3) is 0 Å². The fourth-order valence-corrected chi connectivity index (χ4v) is 1.38. The van der Waals surface area contributed by atoms with Gasteiger partial charge in [-0.1, -0.05) is 6.92 Å². The molecule has 0 spiro atoms. The van der Waals surface area contributed by atoms with Crippen molar-refractivity contribution in [2.75, 3.05) is 0 Å². The predicted octanol–water partition coefficient (Wildman–Crippen LogP) is 1.53. The van der Waals surface area contributed by atoms with E-state index in [0.29, 0.717) is 5.69 Å². The van der Waals surface area contributed by atoms with E-state index in [1.165, 1.54) is 6.20 Å². The number of rotatable bonds is 2. The maximum atomic E-state index is 10.7. The molecular formula is C10H12N2O2. The minimum Gasteiger partial charge on any atom is -0.478 e. The first-order chi connectivity index (χ1) is 6.53. The smallest absolute Gasteiger partial charge is 0.339 e. The summed E-state index contributed by atoms with van der Waals surface area (Å²) >= 11 is 0. The second-order valence-corrected chi connectivity index (χ2v) is 4.06. The molecule has 1 aromatic heterocycles. The molecule has 1 heterocycles. The first kappa shape index (κ1) is 9.12. The summed E-state index contributed by atoms with van der Waals surface area (Å²) in [5, 5.41) is 8.79. The number of aromatic nitrogens is 2. The summed E-state index contributed by atoms with van der Waals surface area (Å²) in [6, 6.07) is 0. The van der Waals surface area contributed by atoms with Crippen molar-refractivity contribution in [1.82, 2.24) is 9.97 Å². The SMILES string of the molecule is Cc1nc(C2(C)CC2)ncc1C(=O)O. The van der Waals surface area contributed by atoms with Gasteiger partial charge in [-0.25, -0.2) is 14.8 Å². The highest BCUT2D eigenvalue weighted by atomic mass is 16.4. The number of aromatic carboxylic acids is 1. The van der Waals surface area contributed by atoms with Gasteiger partial charge in [0.1, 0.15) is 5.82 Å². The van der Waals surface area contributed by atoms with E-state index < -0.39 is 5.97 Å². The van der Waals surface area contributed by atoms with E-state index in [-0.39, 0.29) is 11.0 Å². The lowest BCUT2D eigenvalue weighted by atomic mass is 10.1. The van der Waals surface area contributed by atoms with Gasteiger partial charge < -0.3 is 5.11 Å². The lowest BCUT2D eigenvalue weighted by Gasteiger charge is -2.08. The van der Waals surface area contributed by atoms with Crippen LogP contribution in [0.15, 0.2) is 6.20 Å². The quantitative estimate of drug-likeness (QED) is 0.771. The van der Waals surface area contributed by atoms with Crippen molar-refractivity contribution in [2.24, 2.45) is 0 Å². The normalized spacial score (nSPS) is 17.9. The number of carboxylic acid groups (broad SMARTS) is 1. The Hall–Kier alpha value is -1.45. The van der Waals surface area contributed by atoms with E-state index in [9.17, 15) is 4.79 Å². The molecule has 0 unspecified atom stereocenters. The number of hydrogen-bond acceptors (Lipinski definition) is 3. The molecule has 0 radical (unpaired) electrons. The zero-order chi connectivity index (χ0) is 10.3. The van der Waals surface area contributed by atoms with E-state index in [1.54, 1.807) is 6.92 Å². The van der Waals surface area contributed by atoms with E-state index in [4.69, 9.17) is 5.11 Å². The fourth-order valence-electron chi connectivity index (χ4n) is 1.38. The van der Waals surface area contributed by atoms with E-state index in [2.05, 4.69) is 16.9 Å². The molecule has 14 heavy (non-hydrogen) atoms. The first-order valence-corrected chi connectivity index (χ1v) is 4.60. The van der Waals surface area contributed by atoms with Crippen LogP contribution in [0.4, 0.5) is 0 Å². The maximum Gasteiger partial charge on any atom is 0.339 e. The summed E-state index contributed by atoms with van der Waals surface area (Å²) in [5.41, 5.74) is 0.843. The van der Waals surface area contributed by atoms with E-state index in [0.717, 1.165) is 18.7 Å². The Morgan fingerprint density at radius 1 is 1.57 bits per heavy atom. The number of aryl methyl sites for hydroxylation is 1. The average Bonchev–Trinajstić information content (AvgIpc) is 2.84. The van der Waals surface area contributed by atoms with Crippen molar-refractivity contribution in [3.05, 3.63) is 23.3 Å². The Bertz CT molecular complexity index is 397. The Morgan fingerprint density at radius 3 is 2.64 bits per heavy atom. The minimum atomic E-state index is -0.963. The third-order valence-electron chi connectivity index (χ3n) is 2.75. The van der Waals surface area contributed by atoms with Crippen LogP contribution in [0.5, 0.6) is 0 Å². The molecule has 0 amide bonds. The van der Waals surface area contributed by atoms with E-state index in [1.807, 2.05) is 0 Å². The second kappa shape index (κ2) is 2.77. The maximum absolute atomic E-state index is 10.7. The Balaban J connectivity index is 2.40. The first-order valence-electron chi connectivity index (χ1n) is 4.60. The molecule has 1 aromatic rings. The summed E-state index contributed by atoms with van der Waals surface area (Å²) in [6.45, 7) is 3.81. The summed E-state index contributed by atoms with van der Waals surface area (Å²) in [4.78, 5) is 19.1. The van der Waals surface area contributed by atoms with Crippen LogP contribution in [0.1, 0.15) is 41.6 Å². The van der Waals surface area contributed by atoms with Gasteiger partial charge in [0.15, 0.2) is 0 Å². The van der Waals surface area contributed by atoms with Gasteiger partial charge in [-0.15, -0.1) is 0 Å². The summed E-state index contributed by atoms with van der Waals surface area (Å²) in [6.07, 6.45) is 3.60. The minimum absolute atomic E-state index is 0.0990. The molecule has 0 aliphatic heterocycles. The second-order valence-electron chi connectivity index (χ2n) is 4.06. The van der Waals surface area contributed by atoms with Crippen molar-refractivity contribution in [2.45, 2.75) is 32.1 Å². The van der Waals surface area contributed by atoms with Crippen molar-refractivity contribution < 1.29 is 9.90 Å². The number of carboxylic acids is 1. The third kappa shape index (κ3) is 1.36. The fraction of sp³-hybridized carbons (Fsp3) is 0.500. The van der Waals surface area contributed by atoms with Crippen molar-refractivity contribution in [3.8, 4) is 0 Å². The van der Waals surface area contributed by atoms with Crippen LogP contribution in [0, 0.1) is 6.92 Å². The molecule has 74 valence electrons. The Morgan fingerprint density at radius 2 is 2.21 bits per heavy atom. The molecule has 0 saturated heterocycles. The molecule has 0 atom stereocenters. The summed E-state index contributed by atoms with van der Waals surface area (Å²) in [7, 11) is 0. The highest BCUT2D eigenvalue weighted by molar-refractivity contribution is 5.88. The van der Waals surface area contributed by atoms with Gasteiger partial charge in [0, 0.05) is 11.6 Å². The predicted molar refractivity (Wildman–Crippen MR) is 50.3 cm³/mol. The van der Waals surface area contributed by atoms with Gasteiger partial charge in [-0.05, 0) is 19.8 Å². The van der Waals surface area contributed by atoms with Gasteiger partial charge in [0.05, 0.1) is 11.3 Å². The van der Waals surface area contributed by atoms with Crippen LogP contribution in [-0.4, -0.2) is 21.0 Å². The zero-order valence-electron chi connectivity index (χ0n) is 8.24. The summed E-state index contributed by atoms with van der Waals surface area (Å²) < 4.78 is 0. The molecule has 2 rings (SSSR count). The van der Waals surface area contributed by atoms with Gasteiger partial charge in [-0.2, -0.15) is 0 Å². The highest BCUT2D eigenvalue weighted by Crippen LogP contribution is 2.45. The van der Waals surface area contributed by atoms with Crippen LogP contribution < -0.4 is 0 Å². The molecule has 4 nitrogen and oxygen atoms in total. The standard InChI is InChI=1S/C10H12N2O2/c1-6-7(8(13)14)5-11-9(12-6)10(2)3-4-10/h5H,3-4H2,1-2H3,(H,13,14). The van der Waals surface area contributed by atoms with Gasteiger partial charge in [0.2, 0.25) is 0 Å². The van der Waals surface area contributed by atoms with Crippen LogP contribution in [0.3, 0.4) is 0 Å². The van der Waals surface area contributed by atoms with Gasteiger partial charge in [0.25, 0.3) is 0 Å². The van der Waals surface area contributed by atoms with Crippen molar-refractivity contribution in [1.29, 1.82) is 0 Å². The molecule has 1 saturated carbocycles. The van der Waals surface area contributed by atoms with Crippen LogP contribution in [0.2, 0.25) is 0 Å². The molecule has 0 aromatic carbocycles. The van der Waals surface area contributed by atoms with Gasteiger partial charge in [-0.3, -0.25) is 0 Å². The lowest BCUT2D eigenvalue weighted by molar-refractivity contribution is 0.0695. The Labute approximate surface area is 82.0 Å². The largest absolute Gasteiger partial charge is 0.478 e. The third-order valence-corrected chi connectivity index (χ3v) is 2.75. The lowest BCUT2D eigenvalue weighted by Crippen LogP contribution is -2.11. The number of nitrogens with zero attached hydrogens (tertiary/aromatic N) is 2. The molecule has 1 aliphatic rings. The molecule has 0 bridgehead atoms. The zero-order valence-corrected chi connectivity index (χ0v) is 8.24. The van der Waals surface area contributed by atoms with Crippen LogP contribution in [-0.2, 0) is 5.41 Å². The van der Waals surface area contributed by atoms with Crippen LogP contribution >= 0.6 is 0 Å². The molecular weight excluding hydrogens is 180 g/mol. The number of carbonyl (C=O) groups is 1. The molecule has 4 heteroatoms. The number of hydrogen-bond donors (Lipinski definition) is 1. The summed E-state index contributed by atoms with van der Waals surface area (Å²) in [5.74, 6) is -0.185. The monoisotopic (exact) mass is 192 g/mol. The van der Waals surface area contributed by atoms with Crippen molar-refractivity contribution >= 4 is 5.97 Å². The van der Waals surface area contributed by atoms with Crippen molar-refractivity contribution in [3.63, 3.8) is 0 Å². The molecule has 1 aliphatic carbocycles. The highest BCUT2D eigenvalue weighted by Gasteiger charge is 2.42. The molecule has 1 fully saturated rings. The Kier molecular flexibility index (Phi) is 1.80.